The molecule has 6 heteroatoms. The topological polar surface area (TPSA) is 53.8 Å². The lowest BCUT2D eigenvalue weighted by Gasteiger charge is -2.33. The van der Waals surface area contributed by atoms with E-state index in [1.54, 1.807) is 4.90 Å². The molecule has 2 aliphatic carbocycles. The Balaban J connectivity index is 1.17. The maximum absolute atomic E-state index is 13.2. The number of piperidine rings is 2. The van der Waals surface area contributed by atoms with Gasteiger partial charge in [0.15, 0.2) is 0 Å². The van der Waals surface area contributed by atoms with Crippen molar-refractivity contribution in [3.8, 4) is 0 Å². The van der Waals surface area contributed by atoms with Crippen molar-refractivity contribution in [1.29, 1.82) is 0 Å². The highest BCUT2D eigenvalue weighted by atomic mass is 35.5. The van der Waals surface area contributed by atoms with Crippen molar-refractivity contribution in [3.63, 3.8) is 0 Å². The Bertz CT molecular complexity index is 1040. The van der Waals surface area contributed by atoms with Crippen molar-refractivity contribution in [1.82, 2.24) is 9.80 Å². The molecule has 0 spiro atoms. The maximum Gasteiger partial charge on any atom is 0.291 e. The van der Waals surface area contributed by atoms with Crippen molar-refractivity contribution in [2.75, 3.05) is 26.2 Å². The molecule has 3 heterocycles. The van der Waals surface area contributed by atoms with Crippen LogP contribution < -0.4 is 0 Å². The Morgan fingerprint density at radius 2 is 1.73 bits per heavy atom. The van der Waals surface area contributed by atoms with Gasteiger partial charge in [0.05, 0.1) is 5.02 Å². The molecule has 5 nitrogen and oxygen atoms in total. The fourth-order valence-corrected chi connectivity index (χ4v) is 5.73. The van der Waals surface area contributed by atoms with E-state index in [-0.39, 0.29) is 17.6 Å². The van der Waals surface area contributed by atoms with Crippen molar-refractivity contribution < 1.29 is 14.0 Å². The quantitative estimate of drug-likeness (QED) is 0.720. The van der Waals surface area contributed by atoms with Gasteiger partial charge >= 0.3 is 0 Å². The van der Waals surface area contributed by atoms with Gasteiger partial charge in [-0.25, -0.2) is 0 Å². The number of halogens is 1. The summed E-state index contributed by atoms with van der Waals surface area (Å²) in [6.45, 7) is 5.06. The van der Waals surface area contributed by atoms with E-state index in [0.29, 0.717) is 35.5 Å². The molecule has 0 N–H and O–H groups in total. The summed E-state index contributed by atoms with van der Waals surface area (Å²) in [4.78, 5) is 29.8. The minimum atomic E-state index is -0.156. The highest BCUT2D eigenvalue weighted by Gasteiger charge is 2.47. The third kappa shape index (κ3) is 3.05. The van der Waals surface area contributed by atoms with Crippen LogP contribution in [0.4, 0.5) is 0 Å². The van der Waals surface area contributed by atoms with Crippen LogP contribution >= 0.6 is 11.6 Å². The number of furan rings is 1. The molecule has 30 heavy (non-hydrogen) atoms. The van der Waals surface area contributed by atoms with Gasteiger partial charge in [0.2, 0.25) is 11.7 Å². The van der Waals surface area contributed by atoms with Gasteiger partial charge in [-0.1, -0.05) is 17.7 Å². The van der Waals surface area contributed by atoms with Gasteiger partial charge in [-0.3, -0.25) is 9.59 Å². The number of amides is 2. The monoisotopic (exact) mass is 426 g/mol. The van der Waals surface area contributed by atoms with Gasteiger partial charge in [0, 0.05) is 37.5 Å². The zero-order chi connectivity index (χ0) is 20.6. The van der Waals surface area contributed by atoms with Crippen LogP contribution in [0.2, 0.25) is 5.02 Å². The average molecular weight is 427 g/mol. The molecular formula is C24H27ClN2O3. The summed E-state index contributed by atoms with van der Waals surface area (Å²) in [5.74, 6) is 2.56. The summed E-state index contributed by atoms with van der Waals surface area (Å²) in [6, 6.07) is 4.25. The highest BCUT2D eigenvalue weighted by Crippen LogP contribution is 2.46. The summed E-state index contributed by atoms with van der Waals surface area (Å²) in [5, 5.41) is 1.27. The normalized spacial score (nSPS) is 26.3. The number of hydrogen-bond donors (Lipinski definition) is 0. The number of aryl methyl sites for hydroxylation is 1. The zero-order valence-corrected chi connectivity index (χ0v) is 18.1. The van der Waals surface area contributed by atoms with E-state index in [0.717, 1.165) is 48.7 Å². The van der Waals surface area contributed by atoms with E-state index in [1.807, 2.05) is 6.92 Å². The SMILES string of the molecule is Cc1cc(C2CC2)cc2c(Cl)c(C(=O)N3CCC(C(=O)N4CC5CC5C4)CC3)oc12. The molecule has 2 saturated carbocycles. The molecule has 2 atom stereocenters. The predicted molar refractivity (Wildman–Crippen MR) is 115 cm³/mol. The number of benzene rings is 1. The second-order valence-electron chi connectivity index (χ2n) is 9.80. The second kappa shape index (κ2) is 6.74. The molecule has 2 amide bonds. The van der Waals surface area contributed by atoms with E-state index in [4.69, 9.17) is 16.0 Å². The van der Waals surface area contributed by atoms with Crippen LogP contribution in [0.25, 0.3) is 11.0 Å². The smallest absolute Gasteiger partial charge is 0.291 e. The number of carbonyl (C=O) groups excluding carboxylic acids is 2. The molecule has 1 aromatic carbocycles. The van der Waals surface area contributed by atoms with E-state index in [1.165, 1.54) is 24.8 Å². The Morgan fingerprint density at radius 3 is 2.40 bits per heavy atom. The zero-order valence-electron chi connectivity index (χ0n) is 17.3. The minimum absolute atomic E-state index is 0.0426. The van der Waals surface area contributed by atoms with Crippen molar-refractivity contribution >= 4 is 34.4 Å². The standard InChI is InChI=1S/C24H27ClN2O3/c1-13-8-16(14-2-3-14)10-19-20(25)22(30-21(13)19)24(29)26-6-4-15(5-7-26)23(28)27-11-17-9-18(17)12-27/h8,10,14-15,17-18H,2-7,9,11-12H2,1H3. The van der Waals surface area contributed by atoms with E-state index < -0.39 is 0 Å². The number of likely N-dealkylation sites (tertiary alicyclic amines) is 2. The summed E-state index contributed by atoms with van der Waals surface area (Å²) in [5.41, 5.74) is 3.04. The molecule has 2 saturated heterocycles. The molecule has 1 aromatic heterocycles. The Hall–Kier alpha value is -2.01. The van der Waals surface area contributed by atoms with Crippen LogP contribution in [0, 0.1) is 24.7 Å². The highest BCUT2D eigenvalue weighted by molar-refractivity contribution is 6.38. The minimum Gasteiger partial charge on any atom is -0.449 e. The van der Waals surface area contributed by atoms with Gasteiger partial charge in [0.1, 0.15) is 5.58 Å². The van der Waals surface area contributed by atoms with E-state index in [9.17, 15) is 9.59 Å². The molecule has 2 aromatic rings. The number of hydrogen-bond acceptors (Lipinski definition) is 3. The van der Waals surface area contributed by atoms with Crippen LogP contribution in [-0.4, -0.2) is 47.8 Å². The molecule has 0 radical (unpaired) electrons. The summed E-state index contributed by atoms with van der Waals surface area (Å²) in [7, 11) is 0. The van der Waals surface area contributed by atoms with Gasteiger partial charge in [-0.15, -0.1) is 0 Å². The van der Waals surface area contributed by atoms with Crippen molar-refractivity contribution in [2.24, 2.45) is 17.8 Å². The maximum atomic E-state index is 13.2. The van der Waals surface area contributed by atoms with Gasteiger partial charge in [0.25, 0.3) is 5.91 Å². The molecule has 4 aliphatic rings. The largest absolute Gasteiger partial charge is 0.449 e. The number of nitrogens with zero attached hydrogens (tertiary/aromatic N) is 2. The fraction of sp³-hybridized carbons (Fsp3) is 0.583. The first-order valence-electron chi connectivity index (χ1n) is 11.3. The summed E-state index contributed by atoms with van der Waals surface area (Å²) >= 11 is 6.62. The molecule has 2 unspecified atom stereocenters. The molecule has 2 aliphatic heterocycles. The lowest BCUT2D eigenvalue weighted by Crippen LogP contribution is -2.44. The number of rotatable bonds is 3. The Labute approximate surface area is 181 Å². The average Bonchev–Trinajstić information content (AvgIpc) is 3.68. The molecule has 158 valence electrons. The first-order valence-corrected chi connectivity index (χ1v) is 11.7. The lowest BCUT2D eigenvalue weighted by atomic mass is 9.95. The molecule has 6 rings (SSSR count). The van der Waals surface area contributed by atoms with Crippen LogP contribution in [0.1, 0.15) is 59.7 Å². The van der Waals surface area contributed by atoms with Gasteiger partial charge < -0.3 is 14.2 Å². The van der Waals surface area contributed by atoms with E-state index >= 15 is 0 Å². The van der Waals surface area contributed by atoms with Crippen LogP contribution in [-0.2, 0) is 4.79 Å². The van der Waals surface area contributed by atoms with Crippen LogP contribution in [0.3, 0.4) is 0 Å². The molecule has 4 fully saturated rings. The van der Waals surface area contributed by atoms with Crippen molar-refractivity contribution in [3.05, 3.63) is 34.0 Å². The summed E-state index contributed by atoms with van der Waals surface area (Å²) in [6.07, 6.45) is 5.19. The van der Waals surface area contributed by atoms with Crippen LogP contribution in [0.5, 0.6) is 0 Å². The predicted octanol–water partition coefficient (Wildman–Crippen LogP) is 4.60. The van der Waals surface area contributed by atoms with Gasteiger partial charge in [-0.2, -0.15) is 0 Å². The third-order valence-electron chi connectivity index (χ3n) is 7.60. The van der Waals surface area contributed by atoms with Crippen LogP contribution in [0.15, 0.2) is 16.5 Å². The van der Waals surface area contributed by atoms with E-state index in [2.05, 4.69) is 17.0 Å². The number of fused-ring (bicyclic) bond motifs is 2. The third-order valence-corrected chi connectivity index (χ3v) is 7.98. The first-order chi connectivity index (χ1) is 14.5. The summed E-state index contributed by atoms with van der Waals surface area (Å²) < 4.78 is 5.97. The fourth-order valence-electron chi connectivity index (χ4n) is 5.47. The van der Waals surface area contributed by atoms with Gasteiger partial charge in [-0.05, 0) is 74.0 Å². The Kier molecular flexibility index (Phi) is 4.21. The molecular weight excluding hydrogens is 400 g/mol. The number of carbonyl (C=O) groups is 2. The first kappa shape index (κ1) is 18.7. The second-order valence-corrected chi connectivity index (χ2v) is 10.2. The lowest BCUT2D eigenvalue weighted by molar-refractivity contribution is -0.136. The van der Waals surface area contributed by atoms with Crippen molar-refractivity contribution in [2.45, 2.75) is 44.9 Å². The Morgan fingerprint density at radius 1 is 1.03 bits per heavy atom. The molecule has 0 bridgehead atoms.